The van der Waals surface area contributed by atoms with Crippen molar-refractivity contribution in [1.29, 1.82) is 0 Å². The van der Waals surface area contributed by atoms with Crippen molar-refractivity contribution in [3.05, 3.63) is 94.3 Å². The van der Waals surface area contributed by atoms with Gasteiger partial charge < -0.3 is 25.0 Å². The number of β-amino-alcohol motifs (C(OH)–C–C–N with tert-alkyl or cyclic N) is 1. The average molecular weight is 564 g/mol. The van der Waals surface area contributed by atoms with Gasteiger partial charge in [0.25, 0.3) is 0 Å². The molecule has 0 aliphatic heterocycles. The second kappa shape index (κ2) is 12.8. The number of aromatic carboxylic acids is 1. The number of aliphatic hydroxyl groups is 1. The summed E-state index contributed by atoms with van der Waals surface area (Å²) in [7, 11) is 0. The summed E-state index contributed by atoms with van der Waals surface area (Å²) in [5, 5.41) is 22.8. The highest BCUT2D eigenvalue weighted by Gasteiger charge is 2.35. The first-order chi connectivity index (χ1) is 18.7. The Bertz CT molecular complexity index is 1330. The van der Waals surface area contributed by atoms with Crippen LogP contribution in [0.1, 0.15) is 59.5 Å². The fraction of sp³-hybridized carbons (Fsp3) is 0.367. The van der Waals surface area contributed by atoms with Crippen molar-refractivity contribution in [1.82, 2.24) is 5.32 Å². The van der Waals surface area contributed by atoms with E-state index in [4.69, 9.17) is 14.6 Å². The van der Waals surface area contributed by atoms with Gasteiger partial charge in [0, 0.05) is 17.6 Å². The number of ether oxygens (including phenoxy) is 2. The van der Waals surface area contributed by atoms with Crippen LogP contribution < -0.4 is 10.1 Å². The summed E-state index contributed by atoms with van der Waals surface area (Å²) >= 11 is 0. The molecule has 3 aromatic rings. The van der Waals surface area contributed by atoms with Crippen LogP contribution in [0.2, 0.25) is 0 Å². The molecule has 6 nitrogen and oxygen atoms in total. The molecule has 0 radical (unpaired) electrons. The maximum absolute atomic E-state index is 13.9. The summed E-state index contributed by atoms with van der Waals surface area (Å²) in [5.41, 5.74) is -0.335. The highest BCUT2D eigenvalue weighted by atomic mass is 19.4. The van der Waals surface area contributed by atoms with Crippen molar-refractivity contribution in [3.8, 4) is 11.5 Å². The van der Waals surface area contributed by atoms with E-state index >= 15 is 0 Å². The number of halogens is 4. The number of aliphatic hydroxyl groups excluding tert-OH is 1. The van der Waals surface area contributed by atoms with E-state index in [-0.39, 0.29) is 24.7 Å². The fourth-order valence-electron chi connectivity index (χ4n) is 4.12. The minimum Gasteiger partial charge on any atom is -0.478 e. The third kappa shape index (κ3) is 8.51. The Morgan fingerprint density at radius 2 is 1.73 bits per heavy atom. The van der Waals surface area contributed by atoms with E-state index in [1.54, 1.807) is 38.1 Å². The maximum Gasteiger partial charge on any atom is 0.420 e. The van der Waals surface area contributed by atoms with Gasteiger partial charge in [0.05, 0.1) is 29.9 Å². The average Bonchev–Trinajstić information content (AvgIpc) is 2.88. The van der Waals surface area contributed by atoms with E-state index in [1.165, 1.54) is 12.1 Å². The SMILES string of the molecule is Cc1ccc(CC(C)(C)NC[C@H](O)COC(C)c2ccccc2Oc2ccc(C(=O)O)cc2C(F)(F)F)cc1F. The van der Waals surface area contributed by atoms with Crippen LogP contribution in [-0.2, 0) is 17.3 Å². The molecular formula is C30H33F4NO5. The minimum absolute atomic E-state index is 0.0706. The Kier molecular flexibility index (Phi) is 9.94. The van der Waals surface area contributed by atoms with Gasteiger partial charge in [0.15, 0.2) is 0 Å². The predicted molar refractivity (Wildman–Crippen MR) is 142 cm³/mol. The van der Waals surface area contributed by atoms with Gasteiger partial charge in [0.2, 0.25) is 0 Å². The van der Waals surface area contributed by atoms with Gasteiger partial charge in [-0.2, -0.15) is 13.2 Å². The van der Waals surface area contributed by atoms with Gasteiger partial charge in [0.1, 0.15) is 17.3 Å². The van der Waals surface area contributed by atoms with E-state index < -0.39 is 46.8 Å². The third-order valence-electron chi connectivity index (χ3n) is 6.35. The first kappa shape index (κ1) is 31.1. The number of nitrogens with one attached hydrogen (secondary N) is 1. The van der Waals surface area contributed by atoms with Crippen molar-refractivity contribution in [3.63, 3.8) is 0 Å². The zero-order valence-electron chi connectivity index (χ0n) is 22.7. The standard InChI is InChI=1S/C30H33F4NO5/c1-18-9-10-20(13-25(18)31)15-29(3,4)35-16-22(36)17-39-19(2)23-7-5-6-8-26(23)40-27-12-11-21(28(37)38)14-24(27)30(32,33)34/h5-14,19,22,35-36H,15-17H2,1-4H3,(H,37,38)/t19?,22-/m0/s1. The number of hydrogen-bond donors (Lipinski definition) is 3. The Morgan fingerprint density at radius 1 is 1.02 bits per heavy atom. The zero-order valence-corrected chi connectivity index (χ0v) is 22.7. The molecule has 0 heterocycles. The molecule has 0 bridgehead atoms. The third-order valence-corrected chi connectivity index (χ3v) is 6.35. The molecule has 0 saturated heterocycles. The molecule has 1 unspecified atom stereocenters. The number of para-hydroxylation sites is 1. The summed E-state index contributed by atoms with van der Waals surface area (Å²) in [6.45, 7) is 7.37. The lowest BCUT2D eigenvalue weighted by atomic mass is 9.94. The van der Waals surface area contributed by atoms with Gasteiger partial charge in [-0.15, -0.1) is 0 Å². The number of carboxylic acids is 1. The topological polar surface area (TPSA) is 88.0 Å². The minimum atomic E-state index is -4.84. The molecule has 0 aliphatic carbocycles. The molecule has 216 valence electrons. The monoisotopic (exact) mass is 563 g/mol. The van der Waals surface area contributed by atoms with Crippen LogP contribution in [0.5, 0.6) is 11.5 Å². The number of carboxylic acid groups (broad SMARTS) is 1. The molecule has 0 aromatic heterocycles. The Hall–Kier alpha value is -3.47. The van der Waals surface area contributed by atoms with Gasteiger partial charge in [-0.1, -0.05) is 30.3 Å². The van der Waals surface area contributed by atoms with E-state index in [9.17, 15) is 27.5 Å². The summed E-state index contributed by atoms with van der Waals surface area (Å²) in [6.07, 6.45) is -5.85. The molecule has 3 aromatic carbocycles. The van der Waals surface area contributed by atoms with E-state index in [1.807, 2.05) is 19.9 Å². The molecule has 0 saturated carbocycles. The molecular weight excluding hydrogens is 530 g/mol. The molecule has 0 aliphatic rings. The number of carbonyl (C=O) groups is 1. The van der Waals surface area contributed by atoms with Crippen LogP contribution >= 0.6 is 0 Å². The van der Waals surface area contributed by atoms with Crippen LogP contribution in [-0.4, -0.2) is 41.0 Å². The zero-order chi connectivity index (χ0) is 29.7. The Labute approximate surface area is 230 Å². The van der Waals surface area contributed by atoms with E-state index in [2.05, 4.69) is 5.32 Å². The molecule has 10 heteroatoms. The molecule has 40 heavy (non-hydrogen) atoms. The van der Waals surface area contributed by atoms with Gasteiger partial charge >= 0.3 is 12.1 Å². The Balaban J connectivity index is 1.63. The largest absolute Gasteiger partial charge is 0.478 e. The number of alkyl halides is 3. The van der Waals surface area contributed by atoms with Crippen LogP contribution in [0.3, 0.4) is 0 Å². The van der Waals surface area contributed by atoms with Crippen LogP contribution in [0, 0.1) is 12.7 Å². The van der Waals surface area contributed by atoms with Gasteiger partial charge in [-0.25, -0.2) is 9.18 Å². The van der Waals surface area contributed by atoms with Gasteiger partial charge in [-0.05, 0) is 75.6 Å². The highest BCUT2D eigenvalue weighted by molar-refractivity contribution is 5.88. The molecule has 0 amide bonds. The fourth-order valence-corrected chi connectivity index (χ4v) is 4.12. The quantitative estimate of drug-likeness (QED) is 0.213. The second-order valence-electron chi connectivity index (χ2n) is 10.3. The predicted octanol–water partition coefficient (Wildman–Crippen LogP) is 6.69. The van der Waals surface area contributed by atoms with E-state index in [0.717, 1.165) is 17.7 Å². The lowest BCUT2D eigenvalue weighted by Gasteiger charge is -2.28. The number of rotatable bonds is 12. The molecule has 0 spiro atoms. The van der Waals surface area contributed by atoms with Crippen molar-refractivity contribution in [2.24, 2.45) is 0 Å². The molecule has 3 N–H and O–H groups in total. The van der Waals surface area contributed by atoms with Crippen LogP contribution in [0.4, 0.5) is 17.6 Å². The molecule has 0 fully saturated rings. The highest BCUT2D eigenvalue weighted by Crippen LogP contribution is 2.40. The van der Waals surface area contributed by atoms with E-state index in [0.29, 0.717) is 23.6 Å². The lowest BCUT2D eigenvalue weighted by molar-refractivity contribution is -0.138. The molecule has 2 atom stereocenters. The van der Waals surface area contributed by atoms with Crippen molar-refractivity contribution in [2.75, 3.05) is 13.2 Å². The smallest absolute Gasteiger partial charge is 0.420 e. The summed E-state index contributed by atoms with van der Waals surface area (Å²) in [5.74, 6) is -2.20. The maximum atomic E-state index is 13.9. The lowest BCUT2D eigenvalue weighted by Crippen LogP contribution is -2.46. The first-order valence-electron chi connectivity index (χ1n) is 12.7. The Morgan fingerprint density at radius 3 is 2.38 bits per heavy atom. The van der Waals surface area contributed by atoms with Crippen molar-refractivity contribution in [2.45, 2.75) is 58.0 Å². The van der Waals surface area contributed by atoms with Crippen LogP contribution in [0.25, 0.3) is 0 Å². The van der Waals surface area contributed by atoms with Crippen molar-refractivity contribution >= 4 is 5.97 Å². The van der Waals surface area contributed by atoms with Crippen molar-refractivity contribution < 1.29 is 42.0 Å². The second-order valence-corrected chi connectivity index (χ2v) is 10.3. The number of benzene rings is 3. The van der Waals surface area contributed by atoms with Gasteiger partial charge in [-0.3, -0.25) is 0 Å². The molecule has 3 rings (SSSR count). The summed E-state index contributed by atoms with van der Waals surface area (Å²) < 4.78 is 66.2. The summed E-state index contributed by atoms with van der Waals surface area (Å²) in [6, 6.07) is 14.0. The number of hydrogen-bond acceptors (Lipinski definition) is 5. The normalized spacial score (nSPS) is 13.6. The van der Waals surface area contributed by atoms with Crippen LogP contribution in [0.15, 0.2) is 60.7 Å². The summed E-state index contributed by atoms with van der Waals surface area (Å²) in [4.78, 5) is 11.2. The first-order valence-corrected chi connectivity index (χ1v) is 12.7. The number of aryl methyl sites for hydroxylation is 1.